The first-order chi connectivity index (χ1) is 12.3. The summed E-state index contributed by atoms with van der Waals surface area (Å²) in [5.74, 6) is -0.422. The molecule has 0 bridgehead atoms. The largest absolute Gasteiger partial charge is 0.394 e. The number of aliphatic hydroxyl groups is 6. The van der Waals surface area contributed by atoms with Crippen molar-refractivity contribution >= 4 is 17.7 Å². The lowest BCUT2D eigenvalue weighted by Crippen LogP contribution is -2.58. The molecule has 154 valence electrons. The summed E-state index contributed by atoms with van der Waals surface area (Å²) in [7, 11) is 0. The van der Waals surface area contributed by atoms with E-state index in [0.717, 1.165) is 11.8 Å². The van der Waals surface area contributed by atoms with Crippen LogP contribution >= 0.6 is 11.8 Å². The minimum Gasteiger partial charge on any atom is -0.394 e. The van der Waals surface area contributed by atoms with Gasteiger partial charge < -0.3 is 40.7 Å². The van der Waals surface area contributed by atoms with Crippen LogP contribution in [0, 0.1) is 0 Å². The molecular formula is C15H28FNO8S. The number of hydrogen-bond donors (Lipinski definition) is 7. The van der Waals surface area contributed by atoms with Crippen molar-refractivity contribution in [3.05, 3.63) is 0 Å². The maximum atomic E-state index is 12.4. The van der Waals surface area contributed by atoms with Crippen LogP contribution in [0.25, 0.3) is 0 Å². The van der Waals surface area contributed by atoms with Gasteiger partial charge in [-0.25, -0.2) is 0 Å². The lowest BCUT2D eigenvalue weighted by molar-refractivity contribution is -0.205. The molecule has 1 saturated heterocycles. The third-order valence-electron chi connectivity index (χ3n) is 4.17. The van der Waals surface area contributed by atoms with Crippen molar-refractivity contribution in [2.45, 2.75) is 67.9 Å². The Morgan fingerprint density at radius 2 is 1.88 bits per heavy atom. The smallest absolute Gasteiger partial charge is 0.220 e. The topological polar surface area (TPSA) is 160 Å². The highest BCUT2D eigenvalue weighted by atomic mass is 32.2. The number of nitrogens with one attached hydrogen (secondary N) is 1. The van der Waals surface area contributed by atoms with Crippen molar-refractivity contribution in [2.24, 2.45) is 0 Å². The number of rotatable bonds is 10. The lowest BCUT2D eigenvalue weighted by atomic mass is 10.0. The molecule has 8 unspecified atom stereocenters. The highest BCUT2D eigenvalue weighted by molar-refractivity contribution is 7.99. The van der Waals surface area contributed by atoms with Crippen LogP contribution in [0.1, 0.15) is 19.8 Å². The third-order valence-corrected chi connectivity index (χ3v) is 5.44. The number of carbonyl (C=O) groups excluding carboxylic acids is 1. The van der Waals surface area contributed by atoms with E-state index < -0.39 is 67.3 Å². The van der Waals surface area contributed by atoms with Gasteiger partial charge in [-0.1, -0.05) is 6.92 Å². The minimum atomic E-state index is -1.54. The Kier molecular flexibility index (Phi) is 10.3. The van der Waals surface area contributed by atoms with E-state index >= 15 is 0 Å². The summed E-state index contributed by atoms with van der Waals surface area (Å²) in [5, 5.41) is 61.2. The molecule has 0 radical (unpaired) electrons. The van der Waals surface area contributed by atoms with E-state index in [-0.39, 0.29) is 18.6 Å². The average Bonchev–Trinajstić information content (AvgIpc) is 2.63. The first kappa shape index (κ1) is 23.5. The molecule has 1 amide bonds. The second-order valence-electron chi connectivity index (χ2n) is 6.09. The summed E-state index contributed by atoms with van der Waals surface area (Å²) in [6, 6.07) is -0.957. The van der Waals surface area contributed by atoms with Crippen LogP contribution in [0.4, 0.5) is 4.39 Å². The number of alkyl halides is 1. The van der Waals surface area contributed by atoms with Crippen LogP contribution in [0.2, 0.25) is 0 Å². The van der Waals surface area contributed by atoms with Gasteiger partial charge in [0.25, 0.3) is 0 Å². The van der Waals surface area contributed by atoms with E-state index in [9.17, 15) is 39.8 Å². The molecular weight excluding hydrogens is 373 g/mol. The van der Waals surface area contributed by atoms with Gasteiger partial charge in [-0.05, 0) is 0 Å². The molecule has 8 atom stereocenters. The van der Waals surface area contributed by atoms with Gasteiger partial charge in [0.15, 0.2) is 0 Å². The van der Waals surface area contributed by atoms with Gasteiger partial charge >= 0.3 is 0 Å². The second-order valence-corrected chi connectivity index (χ2v) is 7.23. The van der Waals surface area contributed by atoms with Crippen molar-refractivity contribution in [3.63, 3.8) is 0 Å². The Balaban J connectivity index is 2.76. The predicted molar refractivity (Wildman–Crippen MR) is 91.1 cm³/mol. The third kappa shape index (κ3) is 6.27. The molecule has 1 rings (SSSR count). The lowest BCUT2D eigenvalue weighted by Gasteiger charge is -2.40. The normalized spacial score (nSPS) is 32.7. The second kappa shape index (κ2) is 11.3. The molecule has 0 aromatic rings. The molecule has 1 aliphatic rings. The highest BCUT2D eigenvalue weighted by Crippen LogP contribution is 2.29. The minimum absolute atomic E-state index is 0.0288. The number of amides is 1. The van der Waals surface area contributed by atoms with Crippen molar-refractivity contribution < 1.29 is 44.6 Å². The molecule has 9 nitrogen and oxygen atoms in total. The number of aliphatic hydroxyl groups excluding tert-OH is 6. The zero-order valence-electron chi connectivity index (χ0n) is 14.4. The molecule has 7 N–H and O–H groups in total. The Morgan fingerprint density at radius 3 is 2.42 bits per heavy atom. The zero-order chi connectivity index (χ0) is 19.9. The van der Waals surface area contributed by atoms with Crippen LogP contribution in [-0.2, 0) is 9.53 Å². The van der Waals surface area contributed by atoms with Crippen molar-refractivity contribution in [3.8, 4) is 0 Å². The van der Waals surface area contributed by atoms with Crippen molar-refractivity contribution in [2.75, 3.05) is 19.0 Å². The first-order valence-corrected chi connectivity index (χ1v) is 9.45. The van der Waals surface area contributed by atoms with Gasteiger partial charge in [0, 0.05) is 18.6 Å². The fraction of sp³-hybridized carbons (Fsp3) is 0.933. The maximum absolute atomic E-state index is 12.4. The average molecular weight is 401 g/mol. The molecule has 1 fully saturated rings. The summed E-state index contributed by atoms with van der Waals surface area (Å²) >= 11 is 0.921. The summed E-state index contributed by atoms with van der Waals surface area (Å²) in [4.78, 5) is 11.6. The molecule has 26 heavy (non-hydrogen) atoms. The van der Waals surface area contributed by atoms with Gasteiger partial charge in [0.1, 0.15) is 36.0 Å². The molecule has 0 saturated carbocycles. The fourth-order valence-electron chi connectivity index (χ4n) is 2.49. The first-order valence-electron chi connectivity index (χ1n) is 8.40. The Bertz CT molecular complexity index is 432. The predicted octanol–water partition coefficient (Wildman–Crippen LogP) is -2.50. The molecule has 11 heteroatoms. The van der Waals surface area contributed by atoms with Crippen LogP contribution in [-0.4, -0.2) is 104 Å². The van der Waals surface area contributed by atoms with E-state index in [1.165, 1.54) is 0 Å². The number of thioether (sulfide) groups is 1. The summed E-state index contributed by atoms with van der Waals surface area (Å²) in [6.07, 6.45) is -8.57. The van der Waals surface area contributed by atoms with Crippen LogP contribution < -0.4 is 5.32 Å². The van der Waals surface area contributed by atoms with E-state index in [2.05, 4.69) is 5.32 Å². The Morgan fingerprint density at radius 1 is 1.23 bits per heavy atom. The number of ether oxygens (including phenoxy) is 1. The molecule has 1 heterocycles. The van der Waals surface area contributed by atoms with Crippen LogP contribution in [0.5, 0.6) is 0 Å². The molecule has 1 aliphatic heterocycles. The quantitative estimate of drug-likeness (QED) is 0.210. The Labute approximate surface area is 155 Å². The van der Waals surface area contributed by atoms with E-state index in [1.54, 1.807) is 6.92 Å². The van der Waals surface area contributed by atoms with E-state index in [0.29, 0.717) is 0 Å². The fourth-order valence-corrected chi connectivity index (χ4v) is 3.75. The van der Waals surface area contributed by atoms with E-state index in [4.69, 9.17) is 4.74 Å². The van der Waals surface area contributed by atoms with Crippen LogP contribution in [0.15, 0.2) is 0 Å². The van der Waals surface area contributed by atoms with Gasteiger partial charge in [-0.3, -0.25) is 9.18 Å². The molecule has 0 aromatic heterocycles. The zero-order valence-corrected chi connectivity index (χ0v) is 15.3. The number of carbonyl (C=O) groups is 1. The maximum Gasteiger partial charge on any atom is 0.220 e. The SMILES string of the molecule is CCC(=O)NC(CSC1OC(CO)C(O)C(O)C1O)C(O)C(O)CCF. The number of halogens is 1. The summed E-state index contributed by atoms with van der Waals surface area (Å²) in [5.41, 5.74) is -1.04. The summed E-state index contributed by atoms with van der Waals surface area (Å²) in [6.45, 7) is 0.184. The molecule has 0 spiro atoms. The van der Waals surface area contributed by atoms with Gasteiger partial charge in [-0.2, -0.15) is 0 Å². The van der Waals surface area contributed by atoms with Crippen LogP contribution in [0.3, 0.4) is 0 Å². The van der Waals surface area contributed by atoms with Gasteiger partial charge in [-0.15, -0.1) is 11.8 Å². The van der Waals surface area contributed by atoms with Crippen molar-refractivity contribution in [1.82, 2.24) is 5.32 Å². The monoisotopic (exact) mass is 401 g/mol. The standard InChI is InChI=1S/C15H28FNO8S/c1-2-10(20)17-7(11(21)8(19)3-4-16)6-26-15-14(24)13(23)12(22)9(5-18)25-15/h7-9,11-15,18-19,21-24H,2-6H2,1H3,(H,17,20). The van der Waals surface area contributed by atoms with E-state index in [1.807, 2.05) is 0 Å². The molecule has 0 aromatic carbocycles. The summed E-state index contributed by atoms with van der Waals surface area (Å²) < 4.78 is 17.7. The highest BCUT2D eigenvalue weighted by Gasteiger charge is 2.44. The van der Waals surface area contributed by atoms with Gasteiger partial charge in [0.05, 0.1) is 25.4 Å². The van der Waals surface area contributed by atoms with Gasteiger partial charge in [0.2, 0.25) is 5.91 Å². The van der Waals surface area contributed by atoms with Crippen molar-refractivity contribution in [1.29, 1.82) is 0 Å². The number of hydrogen-bond acceptors (Lipinski definition) is 9. The molecule has 0 aliphatic carbocycles. The Hall–Kier alpha value is -0.530.